The van der Waals surface area contributed by atoms with Crippen LogP contribution in [0.5, 0.6) is 0 Å². The smallest absolute Gasteiger partial charge is 0.355 e. The minimum atomic E-state index is -1.07. The molecule has 6 nitrogen and oxygen atoms in total. The first-order chi connectivity index (χ1) is 11.7. The summed E-state index contributed by atoms with van der Waals surface area (Å²) in [6, 6.07) is 5.22. The van der Waals surface area contributed by atoms with Gasteiger partial charge in [0.25, 0.3) is 5.91 Å². The lowest BCUT2D eigenvalue weighted by Crippen LogP contribution is -2.30. The Bertz CT molecular complexity index is 824. The van der Waals surface area contributed by atoms with E-state index in [0.29, 0.717) is 22.5 Å². The molecule has 0 saturated heterocycles. The largest absolute Gasteiger partial charge is 0.448 e. The molecule has 132 valence electrons. The maximum atomic E-state index is 12.9. The van der Waals surface area contributed by atoms with E-state index >= 15 is 0 Å². The third-order valence-corrected chi connectivity index (χ3v) is 3.76. The van der Waals surface area contributed by atoms with Crippen molar-refractivity contribution in [2.45, 2.75) is 33.8 Å². The van der Waals surface area contributed by atoms with Gasteiger partial charge in [0, 0.05) is 16.9 Å². The van der Waals surface area contributed by atoms with Crippen molar-refractivity contribution in [3.8, 4) is 0 Å². The number of hydrogen-bond donors (Lipinski definition) is 2. The maximum absolute atomic E-state index is 12.9. The molecule has 1 atom stereocenters. The summed E-state index contributed by atoms with van der Waals surface area (Å²) in [7, 11) is 0. The molecule has 2 rings (SSSR count). The van der Waals surface area contributed by atoms with Crippen LogP contribution in [0.25, 0.3) is 0 Å². The quantitative estimate of drug-likeness (QED) is 0.643. The highest BCUT2D eigenvalue weighted by molar-refractivity contribution is 6.02. The summed E-state index contributed by atoms with van der Waals surface area (Å²) in [5, 5.41) is 2.53. The maximum Gasteiger partial charge on any atom is 0.355 e. The molecular weight excluding hydrogens is 327 g/mol. The van der Waals surface area contributed by atoms with E-state index in [4.69, 9.17) is 4.74 Å². The molecular formula is C18H19FN2O4. The number of ketones is 1. The number of halogens is 1. The number of rotatable bonds is 5. The SMILES string of the molecule is CC(=O)c1c(C)[nH]c(C(=O)OC(C)C(=O)Nc2ccc(F)cc2)c1C. The number of esters is 1. The van der Waals surface area contributed by atoms with Crippen molar-refractivity contribution >= 4 is 23.3 Å². The van der Waals surface area contributed by atoms with Crippen LogP contribution in [0, 0.1) is 19.7 Å². The van der Waals surface area contributed by atoms with E-state index in [1.165, 1.54) is 38.1 Å². The summed E-state index contributed by atoms with van der Waals surface area (Å²) in [5.74, 6) is -1.86. The first kappa shape index (κ1) is 18.4. The normalized spacial score (nSPS) is 11.7. The summed E-state index contributed by atoms with van der Waals surface area (Å²) < 4.78 is 18.0. The van der Waals surface area contributed by atoms with Crippen LogP contribution in [0.3, 0.4) is 0 Å². The second-order valence-electron chi connectivity index (χ2n) is 5.72. The summed E-state index contributed by atoms with van der Waals surface area (Å²) in [4.78, 5) is 38.8. The Balaban J connectivity index is 2.07. The second-order valence-corrected chi connectivity index (χ2v) is 5.72. The van der Waals surface area contributed by atoms with Gasteiger partial charge in [0.1, 0.15) is 11.5 Å². The first-order valence-corrected chi connectivity index (χ1v) is 7.68. The van der Waals surface area contributed by atoms with Crippen LogP contribution < -0.4 is 5.32 Å². The molecule has 1 amide bonds. The van der Waals surface area contributed by atoms with Crippen LogP contribution in [0.4, 0.5) is 10.1 Å². The Hall–Kier alpha value is -2.96. The second kappa shape index (κ2) is 7.29. The molecule has 0 spiro atoms. The fraction of sp³-hybridized carbons (Fsp3) is 0.278. The number of aromatic nitrogens is 1. The van der Waals surface area contributed by atoms with Gasteiger partial charge in [-0.25, -0.2) is 9.18 Å². The Kier molecular flexibility index (Phi) is 5.36. The summed E-state index contributed by atoms with van der Waals surface area (Å²) in [6.45, 7) is 6.16. The highest BCUT2D eigenvalue weighted by atomic mass is 19.1. The van der Waals surface area contributed by atoms with E-state index in [9.17, 15) is 18.8 Å². The summed E-state index contributed by atoms with van der Waals surface area (Å²) in [5.41, 5.74) is 2.03. The van der Waals surface area contributed by atoms with Gasteiger partial charge in [0.05, 0.1) is 0 Å². The molecule has 0 fully saturated rings. The number of hydrogen-bond acceptors (Lipinski definition) is 4. The zero-order valence-electron chi connectivity index (χ0n) is 14.4. The lowest BCUT2D eigenvalue weighted by Gasteiger charge is -2.13. The summed E-state index contributed by atoms with van der Waals surface area (Å²) in [6.07, 6.45) is -1.07. The zero-order valence-corrected chi connectivity index (χ0v) is 14.4. The number of Topliss-reactive ketones (excluding diaryl/α,β-unsaturated/α-hetero) is 1. The standard InChI is InChI=1S/C18H19FN2O4/c1-9-15(11(3)22)10(2)20-16(9)18(24)25-12(4)17(23)21-14-7-5-13(19)6-8-14/h5-8,12,20H,1-4H3,(H,21,23). The van der Waals surface area contributed by atoms with Gasteiger partial charge in [-0.15, -0.1) is 0 Å². The number of amides is 1. The van der Waals surface area contributed by atoms with Crippen molar-refractivity contribution in [2.24, 2.45) is 0 Å². The van der Waals surface area contributed by atoms with Gasteiger partial charge in [-0.1, -0.05) is 0 Å². The average Bonchev–Trinajstić information content (AvgIpc) is 2.84. The minimum Gasteiger partial charge on any atom is -0.448 e. The predicted molar refractivity (Wildman–Crippen MR) is 90.2 cm³/mol. The number of ether oxygens (including phenoxy) is 1. The topological polar surface area (TPSA) is 88.3 Å². The van der Waals surface area contributed by atoms with E-state index in [1.54, 1.807) is 13.8 Å². The van der Waals surface area contributed by atoms with E-state index in [-0.39, 0.29) is 11.5 Å². The Morgan fingerprint density at radius 3 is 2.28 bits per heavy atom. The van der Waals surface area contributed by atoms with E-state index in [0.717, 1.165) is 0 Å². The number of aromatic amines is 1. The average molecular weight is 346 g/mol. The zero-order chi connectivity index (χ0) is 18.7. The van der Waals surface area contributed by atoms with Crippen molar-refractivity contribution in [3.05, 3.63) is 52.6 Å². The van der Waals surface area contributed by atoms with Crippen molar-refractivity contribution in [2.75, 3.05) is 5.32 Å². The van der Waals surface area contributed by atoms with Crippen LogP contribution in [0.2, 0.25) is 0 Å². The number of anilines is 1. The van der Waals surface area contributed by atoms with Crippen LogP contribution in [-0.4, -0.2) is 28.7 Å². The van der Waals surface area contributed by atoms with Crippen molar-refractivity contribution in [1.82, 2.24) is 4.98 Å². The van der Waals surface area contributed by atoms with Crippen molar-refractivity contribution in [1.29, 1.82) is 0 Å². The van der Waals surface area contributed by atoms with Gasteiger partial charge in [0.15, 0.2) is 11.9 Å². The molecule has 1 heterocycles. The van der Waals surface area contributed by atoms with Crippen LogP contribution in [0.1, 0.15) is 46.0 Å². The van der Waals surface area contributed by atoms with E-state index in [1.807, 2.05) is 0 Å². The lowest BCUT2D eigenvalue weighted by atomic mass is 10.1. The molecule has 0 aliphatic heterocycles. The highest BCUT2D eigenvalue weighted by Crippen LogP contribution is 2.20. The summed E-state index contributed by atoms with van der Waals surface area (Å²) >= 11 is 0. The van der Waals surface area contributed by atoms with Crippen LogP contribution in [0.15, 0.2) is 24.3 Å². The monoisotopic (exact) mass is 346 g/mol. The number of aryl methyl sites for hydroxylation is 1. The van der Waals surface area contributed by atoms with Gasteiger partial charge in [0.2, 0.25) is 0 Å². The molecule has 1 aromatic heterocycles. The Morgan fingerprint density at radius 2 is 1.76 bits per heavy atom. The number of benzene rings is 1. The van der Waals surface area contributed by atoms with Gasteiger partial charge >= 0.3 is 5.97 Å². The lowest BCUT2D eigenvalue weighted by molar-refractivity contribution is -0.123. The molecule has 0 aliphatic carbocycles. The van der Waals surface area contributed by atoms with E-state index in [2.05, 4.69) is 10.3 Å². The Labute approximate surface area is 144 Å². The Morgan fingerprint density at radius 1 is 1.16 bits per heavy atom. The van der Waals surface area contributed by atoms with Gasteiger partial charge in [-0.05, 0) is 57.5 Å². The molecule has 7 heteroatoms. The molecule has 25 heavy (non-hydrogen) atoms. The minimum absolute atomic E-state index is 0.143. The van der Waals surface area contributed by atoms with Crippen molar-refractivity contribution in [3.63, 3.8) is 0 Å². The third kappa shape index (κ3) is 4.12. The fourth-order valence-electron chi connectivity index (χ4n) is 2.53. The number of carbonyl (C=O) groups is 3. The van der Waals surface area contributed by atoms with Crippen LogP contribution >= 0.6 is 0 Å². The molecule has 2 aromatic rings. The van der Waals surface area contributed by atoms with E-state index < -0.39 is 23.8 Å². The third-order valence-electron chi connectivity index (χ3n) is 3.76. The van der Waals surface area contributed by atoms with Gasteiger partial charge in [-0.3, -0.25) is 9.59 Å². The highest BCUT2D eigenvalue weighted by Gasteiger charge is 2.24. The molecule has 0 saturated carbocycles. The molecule has 1 unspecified atom stereocenters. The molecule has 0 bridgehead atoms. The molecule has 2 N–H and O–H groups in total. The van der Waals surface area contributed by atoms with Crippen LogP contribution in [-0.2, 0) is 9.53 Å². The van der Waals surface area contributed by atoms with Gasteiger partial charge < -0.3 is 15.0 Å². The molecule has 0 aliphatic rings. The number of carbonyl (C=O) groups excluding carboxylic acids is 3. The number of nitrogens with one attached hydrogen (secondary N) is 2. The first-order valence-electron chi connectivity index (χ1n) is 7.68. The fourth-order valence-corrected chi connectivity index (χ4v) is 2.53. The van der Waals surface area contributed by atoms with Gasteiger partial charge in [-0.2, -0.15) is 0 Å². The van der Waals surface area contributed by atoms with Crippen molar-refractivity contribution < 1.29 is 23.5 Å². The predicted octanol–water partition coefficient (Wildman–Crippen LogP) is 3.16. The molecule has 1 aromatic carbocycles. The molecule has 0 radical (unpaired) electrons. The number of H-pyrrole nitrogens is 1.